The summed E-state index contributed by atoms with van der Waals surface area (Å²) in [5.41, 5.74) is 10.3. The van der Waals surface area contributed by atoms with Gasteiger partial charge in [-0.1, -0.05) is 35.0 Å². The van der Waals surface area contributed by atoms with Crippen molar-refractivity contribution < 1.29 is 14.5 Å². The maximum atomic E-state index is 12.8. The highest BCUT2D eigenvalue weighted by atomic mass is 32.2. The van der Waals surface area contributed by atoms with Gasteiger partial charge in [0.2, 0.25) is 11.6 Å². The molecule has 2 aromatic carbocycles. The molecule has 0 aliphatic carbocycles. The van der Waals surface area contributed by atoms with E-state index in [4.69, 9.17) is 5.73 Å². The second kappa shape index (κ2) is 9.31. The van der Waals surface area contributed by atoms with Crippen molar-refractivity contribution >= 4 is 29.7 Å². The number of aromatic hydroxyl groups is 1. The van der Waals surface area contributed by atoms with Crippen LogP contribution in [0.4, 0.5) is 5.82 Å². The SMILES string of the molecule is Cc1ccc(SCc2c(C(=O)N/N=C\c3ccccc3O)nnn2-c2nonc2N)cc1. The highest BCUT2D eigenvalue weighted by molar-refractivity contribution is 7.98. The number of hydrazone groups is 1. The summed E-state index contributed by atoms with van der Waals surface area (Å²) in [5, 5.41) is 29.0. The average Bonchev–Trinajstić information content (AvgIpc) is 3.40. The molecule has 4 N–H and O–H groups in total. The second-order valence-corrected chi connectivity index (χ2v) is 7.68. The van der Waals surface area contributed by atoms with Crippen molar-refractivity contribution in [3.05, 3.63) is 71.0 Å². The molecule has 0 unspecified atom stereocenters. The number of phenols is 1. The number of para-hydroxylation sites is 1. The van der Waals surface area contributed by atoms with Crippen LogP contribution in [0.25, 0.3) is 5.82 Å². The molecule has 0 aliphatic heterocycles. The number of aromatic nitrogens is 5. The molecule has 0 aliphatic rings. The van der Waals surface area contributed by atoms with E-state index in [2.05, 4.69) is 35.8 Å². The van der Waals surface area contributed by atoms with Crippen molar-refractivity contribution in [2.24, 2.45) is 5.10 Å². The summed E-state index contributed by atoms with van der Waals surface area (Å²) in [7, 11) is 0. The van der Waals surface area contributed by atoms with Gasteiger partial charge in [0.1, 0.15) is 5.75 Å². The highest BCUT2D eigenvalue weighted by Crippen LogP contribution is 2.26. The number of nitrogen functional groups attached to an aromatic ring is 1. The van der Waals surface area contributed by atoms with Crippen LogP contribution >= 0.6 is 11.8 Å². The monoisotopic (exact) mass is 450 g/mol. The molecule has 0 bridgehead atoms. The molecule has 1 amide bonds. The van der Waals surface area contributed by atoms with Gasteiger partial charge in [-0.2, -0.15) is 9.78 Å². The van der Waals surface area contributed by atoms with Crippen LogP contribution < -0.4 is 11.2 Å². The lowest BCUT2D eigenvalue weighted by atomic mass is 10.2. The zero-order valence-corrected chi connectivity index (χ0v) is 17.7. The Bertz CT molecular complexity index is 1270. The molecule has 0 saturated heterocycles. The Morgan fingerprint density at radius 3 is 2.75 bits per heavy atom. The predicted molar refractivity (Wildman–Crippen MR) is 118 cm³/mol. The number of hydrogen-bond donors (Lipinski definition) is 3. The third kappa shape index (κ3) is 4.59. The summed E-state index contributed by atoms with van der Waals surface area (Å²) in [6.07, 6.45) is 1.33. The zero-order valence-electron chi connectivity index (χ0n) is 16.8. The molecular formula is C20H18N8O3S. The van der Waals surface area contributed by atoms with Gasteiger partial charge in [0, 0.05) is 16.2 Å². The van der Waals surface area contributed by atoms with E-state index in [1.54, 1.807) is 18.2 Å². The first-order valence-corrected chi connectivity index (χ1v) is 10.4. The second-order valence-electron chi connectivity index (χ2n) is 6.63. The van der Waals surface area contributed by atoms with Crippen LogP contribution in [0, 0.1) is 6.92 Å². The summed E-state index contributed by atoms with van der Waals surface area (Å²) in [4.78, 5) is 13.8. The number of aryl methyl sites for hydroxylation is 1. The summed E-state index contributed by atoms with van der Waals surface area (Å²) in [6, 6.07) is 14.6. The summed E-state index contributed by atoms with van der Waals surface area (Å²) in [5.74, 6) is -0.0539. The number of carbonyl (C=O) groups excluding carboxylic acids is 1. The van der Waals surface area contributed by atoms with E-state index >= 15 is 0 Å². The molecule has 0 saturated carbocycles. The van der Waals surface area contributed by atoms with Crippen molar-refractivity contribution in [3.8, 4) is 11.6 Å². The van der Waals surface area contributed by atoms with Crippen LogP contribution in [0.5, 0.6) is 5.75 Å². The first-order valence-electron chi connectivity index (χ1n) is 9.37. The lowest BCUT2D eigenvalue weighted by Gasteiger charge is -2.06. The van der Waals surface area contributed by atoms with E-state index in [0.29, 0.717) is 17.0 Å². The summed E-state index contributed by atoms with van der Waals surface area (Å²) in [6.45, 7) is 2.01. The molecule has 32 heavy (non-hydrogen) atoms. The van der Waals surface area contributed by atoms with Gasteiger partial charge in [-0.3, -0.25) is 4.79 Å². The minimum atomic E-state index is -0.586. The highest BCUT2D eigenvalue weighted by Gasteiger charge is 2.24. The molecule has 11 nitrogen and oxygen atoms in total. The van der Waals surface area contributed by atoms with Crippen LogP contribution in [0.1, 0.15) is 27.3 Å². The molecule has 0 fully saturated rings. The number of hydrogen-bond acceptors (Lipinski definition) is 10. The van der Waals surface area contributed by atoms with Crippen LogP contribution in [-0.4, -0.2) is 42.5 Å². The lowest BCUT2D eigenvalue weighted by molar-refractivity contribution is 0.0949. The Morgan fingerprint density at radius 1 is 1.25 bits per heavy atom. The van der Waals surface area contributed by atoms with E-state index in [1.165, 1.54) is 28.7 Å². The number of phenolic OH excluding ortho intramolecular Hbond substituents is 1. The fourth-order valence-corrected chi connectivity index (χ4v) is 3.60. The van der Waals surface area contributed by atoms with Crippen molar-refractivity contribution in [1.82, 2.24) is 30.7 Å². The van der Waals surface area contributed by atoms with Gasteiger partial charge in [0.25, 0.3) is 5.91 Å². The minimum Gasteiger partial charge on any atom is -0.507 e. The maximum absolute atomic E-state index is 12.8. The third-order valence-electron chi connectivity index (χ3n) is 4.38. The molecule has 2 heterocycles. The minimum absolute atomic E-state index is 0.0148. The molecule has 0 atom stereocenters. The molecular weight excluding hydrogens is 432 g/mol. The first-order chi connectivity index (χ1) is 15.5. The molecule has 12 heteroatoms. The van der Waals surface area contributed by atoms with Crippen molar-refractivity contribution in [2.45, 2.75) is 17.6 Å². The molecule has 0 radical (unpaired) electrons. The van der Waals surface area contributed by atoms with Gasteiger partial charge in [-0.25, -0.2) is 10.1 Å². The van der Waals surface area contributed by atoms with Crippen molar-refractivity contribution in [3.63, 3.8) is 0 Å². The molecule has 4 aromatic rings. The van der Waals surface area contributed by atoms with Crippen LogP contribution in [0.15, 0.2) is 63.2 Å². The number of rotatable bonds is 7. The van der Waals surface area contributed by atoms with Gasteiger partial charge >= 0.3 is 0 Å². The number of nitrogens with one attached hydrogen (secondary N) is 1. The van der Waals surface area contributed by atoms with Gasteiger partial charge in [0.15, 0.2) is 5.69 Å². The average molecular weight is 450 g/mol. The van der Waals surface area contributed by atoms with E-state index in [0.717, 1.165) is 10.5 Å². The van der Waals surface area contributed by atoms with Crippen LogP contribution in [0.3, 0.4) is 0 Å². The van der Waals surface area contributed by atoms with Crippen molar-refractivity contribution in [1.29, 1.82) is 0 Å². The molecule has 2 aromatic heterocycles. The topological polar surface area (TPSA) is 157 Å². The molecule has 0 spiro atoms. The Morgan fingerprint density at radius 2 is 2.03 bits per heavy atom. The fraction of sp³-hybridized carbons (Fsp3) is 0.100. The Kier molecular flexibility index (Phi) is 6.12. The number of amides is 1. The molecule has 162 valence electrons. The number of nitrogens with two attached hydrogens (primary N) is 1. The maximum Gasteiger partial charge on any atom is 0.293 e. The number of benzene rings is 2. The Hall–Kier alpha value is -4.19. The number of nitrogens with zero attached hydrogens (tertiary/aromatic N) is 6. The van der Waals surface area contributed by atoms with Gasteiger partial charge in [0.05, 0.1) is 11.9 Å². The van der Waals surface area contributed by atoms with Crippen LogP contribution in [0.2, 0.25) is 0 Å². The molecule has 4 rings (SSSR count). The van der Waals surface area contributed by atoms with Crippen LogP contribution in [-0.2, 0) is 5.75 Å². The standard InChI is InChI=1S/C20H18N8O3S/c1-12-6-8-14(9-7-12)32-11-15-17(23-27-28(15)19-18(21)25-31-26-19)20(30)24-22-10-13-4-2-3-5-16(13)29/h2-10,29H,11H2,1H3,(H2,21,25)(H,24,30)/b22-10-. The summed E-state index contributed by atoms with van der Waals surface area (Å²) < 4.78 is 5.97. The fourth-order valence-electron chi connectivity index (χ4n) is 2.71. The van der Waals surface area contributed by atoms with E-state index in [9.17, 15) is 9.90 Å². The van der Waals surface area contributed by atoms with E-state index in [-0.39, 0.29) is 23.1 Å². The van der Waals surface area contributed by atoms with Gasteiger partial charge in [-0.05, 0) is 41.5 Å². The number of thioether (sulfide) groups is 1. The third-order valence-corrected chi connectivity index (χ3v) is 5.40. The number of anilines is 1. The van der Waals surface area contributed by atoms with Crippen molar-refractivity contribution in [2.75, 3.05) is 5.73 Å². The lowest BCUT2D eigenvalue weighted by Crippen LogP contribution is -2.20. The Labute approximate surface area is 186 Å². The zero-order chi connectivity index (χ0) is 22.5. The summed E-state index contributed by atoms with van der Waals surface area (Å²) >= 11 is 1.49. The van der Waals surface area contributed by atoms with E-state index in [1.807, 2.05) is 31.2 Å². The van der Waals surface area contributed by atoms with Gasteiger partial charge < -0.3 is 10.8 Å². The normalized spacial score (nSPS) is 11.2. The number of carbonyl (C=O) groups is 1. The predicted octanol–water partition coefficient (Wildman–Crippen LogP) is 2.30. The smallest absolute Gasteiger partial charge is 0.293 e. The van der Waals surface area contributed by atoms with E-state index < -0.39 is 5.91 Å². The van der Waals surface area contributed by atoms with Gasteiger partial charge in [-0.15, -0.1) is 16.9 Å². The first kappa shape index (κ1) is 21.1. The Balaban J connectivity index is 1.58. The quantitative estimate of drug-likeness (QED) is 0.218. The largest absolute Gasteiger partial charge is 0.507 e.